The summed E-state index contributed by atoms with van der Waals surface area (Å²) in [4.78, 5) is 42.1. The van der Waals surface area contributed by atoms with Gasteiger partial charge in [0.2, 0.25) is 5.91 Å². The van der Waals surface area contributed by atoms with Crippen LogP contribution in [0.25, 0.3) is 0 Å². The van der Waals surface area contributed by atoms with Crippen LogP contribution >= 0.6 is 0 Å². The molecule has 3 amide bonds. The van der Waals surface area contributed by atoms with Gasteiger partial charge in [-0.05, 0) is 42.5 Å². The van der Waals surface area contributed by atoms with E-state index in [2.05, 4.69) is 15.6 Å². The SMILES string of the molecule is CC(=O)Nc1cccc(NC(=O)c2ccnc(C(=O)N(C)c3ccccc3)c2)c1. The summed E-state index contributed by atoms with van der Waals surface area (Å²) in [5, 5.41) is 5.42. The van der Waals surface area contributed by atoms with Crippen molar-refractivity contribution in [3.63, 3.8) is 0 Å². The standard InChI is InChI=1S/C22H20N4O3/c1-15(27)24-17-7-6-8-18(14-17)25-21(28)16-11-12-23-20(13-16)22(29)26(2)19-9-4-3-5-10-19/h3-14H,1-2H3,(H,24,27)(H,25,28). The lowest BCUT2D eigenvalue weighted by atomic mass is 10.2. The van der Waals surface area contributed by atoms with E-state index in [-0.39, 0.29) is 23.4 Å². The molecule has 0 aliphatic rings. The van der Waals surface area contributed by atoms with E-state index in [0.29, 0.717) is 16.9 Å². The Morgan fingerprint density at radius 1 is 0.862 bits per heavy atom. The lowest BCUT2D eigenvalue weighted by Gasteiger charge is -2.17. The first-order valence-corrected chi connectivity index (χ1v) is 8.92. The van der Waals surface area contributed by atoms with Crippen molar-refractivity contribution in [3.8, 4) is 0 Å². The fourth-order valence-electron chi connectivity index (χ4n) is 2.71. The van der Waals surface area contributed by atoms with Gasteiger partial charge < -0.3 is 15.5 Å². The Labute approximate surface area is 168 Å². The molecule has 0 bridgehead atoms. The lowest BCUT2D eigenvalue weighted by Crippen LogP contribution is -2.27. The summed E-state index contributed by atoms with van der Waals surface area (Å²) >= 11 is 0. The minimum absolute atomic E-state index is 0.163. The van der Waals surface area contributed by atoms with Gasteiger partial charge >= 0.3 is 0 Å². The average molecular weight is 388 g/mol. The molecule has 0 fully saturated rings. The summed E-state index contributed by atoms with van der Waals surface area (Å²) in [7, 11) is 1.65. The van der Waals surface area contributed by atoms with Gasteiger partial charge in [0.05, 0.1) is 0 Å². The number of para-hydroxylation sites is 1. The molecule has 0 unspecified atom stereocenters. The number of nitrogens with zero attached hydrogens (tertiary/aromatic N) is 2. The minimum atomic E-state index is -0.385. The molecule has 2 aromatic carbocycles. The van der Waals surface area contributed by atoms with Crippen molar-refractivity contribution in [2.24, 2.45) is 0 Å². The molecule has 7 nitrogen and oxygen atoms in total. The zero-order chi connectivity index (χ0) is 20.8. The number of nitrogens with one attached hydrogen (secondary N) is 2. The Bertz CT molecular complexity index is 1050. The van der Waals surface area contributed by atoms with Crippen molar-refractivity contribution in [3.05, 3.63) is 84.2 Å². The number of carbonyl (C=O) groups is 3. The molecule has 3 rings (SSSR count). The predicted molar refractivity (Wildman–Crippen MR) is 112 cm³/mol. The molecule has 7 heteroatoms. The van der Waals surface area contributed by atoms with Gasteiger partial charge in [-0.15, -0.1) is 0 Å². The number of pyridine rings is 1. The summed E-state index contributed by atoms with van der Waals surface area (Å²) in [6, 6.07) is 19.0. The van der Waals surface area contributed by atoms with Gasteiger partial charge in [-0.3, -0.25) is 19.4 Å². The topological polar surface area (TPSA) is 91.4 Å². The van der Waals surface area contributed by atoms with Gasteiger partial charge in [-0.2, -0.15) is 0 Å². The molecule has 146 valence electrons. The molecule has 0 aliphatic heterocycles. The highest BCUT2D eigenvalue weighted by Crippen LogP contribution is 2.17. The van der Waals surface area contributed by atoms with E-state index in [1.54, 1.807) is 31.3 Å². The van der Waals surface area contributed by atoms with Crippen LogP contribution in [0, 0.1) is 0 Å². The molecule has 0 saturated carbocycles. The van der Waals surface area contributed by atoms with Gasteiger partial charge in [0, 0.05) is 42.8 Å². The molecule has 1 heterocycles. The van der Waals surface area contributed by atoms with E-state index >= 15 is 0 Å². The normalized spacial score (nSPS) is 10.1. The van der Waals surface area contributed by atoms with Crippen molar-refractivity contribution in [2.75, 3.05) is 22.6 Å². The maximum Gasteiger partial charge on any atom is 0.276 e. The summed E-state index contributed by atoms with van der Waals surface area (Å²) in [6.07, 6.45) is 1.43. The van der Waals surface area contributed by atoms with Crippen molar-refractivity contribution < 1.29 is 14.4 Å². The molecule has 0 atom stereocenters. The van der Waals surface area contributed by atoms with Crippen LogP contribution in [0.1, 0.15) is 27.8 Å². The Kier molecular flexibility index (Phi) is 5.99. The van der Waals surface area contributed by atoms with E-state index in [4.69, 9.17) is 0 Å². The Morgan fingerprint density at radius 3 is 2.24 bits per heavy atom. The fourth-order valence-corrected chi connectivity index (χ4v) is 2.71. The molecule has 0 aliphatic carbocycles. The molecular formula is C22H20N4O3. The van der Waals surface area contributed by atoms with Crippen molar-refractivity contribution in [1.29, 1.82) is 0 Å². The smallest absolute Gasteiger partial charge is 0.276 e. The summed E-state index contributed by atoms with van der Waals surface area (Å²) < 4.78 is 0. The molecule has 2 N–H and O–H groups in total. The minimum Gasteiger partial charge on any atom is -0.326 e. The van der Waals surface area contributed by atoms with E-state index in [0.717, 1.165) is 5.69 Å². The zero-order valence-electron chi connectivity index (χ0n) is 16.0. The van der Waals surface area contributed by atoms with Crippen LogP contribution < -0.4 is 15.5 Å². The predicted octanol–water partition coefficient (Wildman–Crippen LogP) is 3.57. The van der Waals surface area contributed by atoms with Crippen molar-refractivity contribution >= 4 is 34.8 Å². The molecule has 1 aromatic heterocycles. The first-order chi connectivity index (χ1) is 13.9. The quantitative estimate of drug-likeness (QED) is 0.699. The largest absolute Gasteiger partial charge is 0.326 e. The first-order valence-electron chi connectivity index (χ1n) is 8.92. The van der Waals surface area contributed by atoms with Crippen LogP contribution in [0.4, 0.5) is 17.1 Å². The van der Waals surface area contributed by atoms with E-state index < -0.39 is 0 Å². The number of aromatic nitrogens is 1. The summed E-state index contributed by atoms with van der Waals surface area (Å²) in [6.45, 7) is 1.41. The summed E-state index contributed by atoms with van der Waals surface area (Å²) in [5.74, 6) is -0.907. The number of hydrogen-bond acceptors (Lipinski definition) is 4. The molecular weight excluding hydrogens is 368 g/mol. The lowest BCUT2D eigenvalue weighted by molar-refractivity contribution is -0.114. The van der Waals surface area contributed by atoms with E-state index in [1.807, 2.05) is 30.3 Å². The van der Waals surface area contributed by atoms with Crippen LogP contribution in [-0.4, -0.2) is 29.8 Å². The third kappa shape index (κ3) is 5.04. The highest BCUT2D eigenvalue weighted by atomic mass is 16.2. The highest BCUT2D eigenvalue weighted by Gasteiger charge is 2.17. The van der Waals surface area contributed by atoms with Crippen LogP contribution in [-0.2, 0) is 4.79 Å². The second kappa shape index (κ2) is 8.79. The van der Waals surface area contributed by atoms with Gasteiger partial charge in [-0.25, -0.2) is 0 Å². The number of rotatable bonds is 5. The Balaban J connectivity index is 1.76. The van der Waals surface area contributed by atoms with Crippen LogP contribution in [0.15, 0.2) is 72.9 Å². The van der Waals surface area contributed by atoms with Gasteiger partial charge in [-0.1, -0.05) is 24.3 Å². The molecule has 3 aromatic rings. The average Bonchev–Trinajstić information content (AvgIpc) is 2.73. The third-order valence-electron chi connectivity index (χ3n) is 4.13. The van der Waals surface area contributed by atoms with Crippen LogP contribution in [0.5, 0.6) is 0 Å². The number of hydrogen-bond donors (Lipinski definition) is 2. The Hall–Kier alpha value is -4.00. The number of benzene rings is 2. The second-order valence-electron chi connectivity index (χ2n) is 6.35. The third-order valence-corrected chi connectivity index (χ3v) is 4.13. The zero-order valence-corrected chi connectivity index (χ0v) is 16.0. The number of amides is 3. The monoisotopic (exact) mass is 388 g/mol. The highest BCUT2D eigenvalue weighted by molar-refractivity contribution is 6.08. The van der Waals surface area contributed by atoms with Crippen molar-refractivity contribution in [2.45, 2.75) is 6.92 Å². The number of carbonyl (C=O) groups excluding carboxylic acids is 3. The molecule has 0 saturated heterocycles. The van der Waals surface area contributed by atoms with Crippen molar-refractivity contribution in [1.82, 2.24) is 4.98 Å². The van der Waals surface area contributed by atoms with Crippen LogP contribution in [0.3, 0.4) is 0 Å². The molecule has 0 radical (unpaired) electrons. The van der Waals surface area contributed by atoms with E-state index in [9.17, 15) is 14.4 Å². The Morgan fingerprint density at radius 2 is 1.55 bits per heavy atom. The fraction of sp³-hybridized carbons (Fsp3) is 0.0909. The van der Waals surface area contributed by atoms with Gasteiger partial charge in [0.1, 0.15) is 5.69 Å². The maximum absolute atomic E-state index is 12.7. The summed E-state index contributed by atoms with van der Waals surface area (Å²) in [5.41, 5.74) is 2.28. The number of anilines is 3. The maximum atomic E-state index is 12.7. The first kappa shape index (κ1) is 19.8. The molecule has 29 heavy (non-hydrogen) atoms. The second-order valence-corrected chi connectivity index (χ2v) is 6.35. The van der Waals surface area contributed by atoms with E-state index in [1.165, 1.54) is 30.2 Å². The molecule has 0 spiro atoms. The van der Waals surface area contributed by atoms with Gasteiger partial charge in [0.15, 0.2) is 0 Å². The van der Waals surface area contributed by atoms with Gasteiger partial charge in [0.25, 0.3) is 11.8 Å². The van der Waals surface area contributed by atoms with Crippen LogP contribution in [0.2, 0.25) is 0 Å².